The van der Waals surface area contributed by atoms with Crippen molar-refractivity contribution in [2.24, 2.45) is 0 Å². The second kappa shape index (κ2) is 10.6. The molecule has 1 amide bonds. The predicted octanol–water partition coefficient (Wildman–Crippen LogP) is 5.13. The first kappa shape index (κ1) is 20.9. The SMILES string of the molecule is O=C(C[NH2+]C(c1ccccc1)c1ccccc1)Nc1ccccc1Sc1ccccc1. The number of rotatable bonds is 8. The molecule has 0 aliphatic heterocycles. The lowest BCUT2D eigenvalue weighted by Crippen LogP contribution is -2.87. The van der Waals surface area contributed by atoms with Crippen molar-refractivity contribution in [3.8, 4) is 0 Å². The fourth-order valence-corrected chi connectivity index (χ4v) is 4.41. The molecule has 3 nitrogen and oxygen atoms in total. The van der Waals surface area contributed by atoms with Crippen molar-refractivity contribution in [3.63, 3.8) is 0 Å². The van der Waals surface area contributed by atoms with Gasteiger partial charge in [0.25, 0.3) is 5.91 Å². The van der Waals surface area contributed by atoms with E-state index in [0.717, 1.165) is 15.5 Å². The quantitative estimate of drug-likeness (QED) is 0.411. The Morgan fingerprint density at radius 3 is 1.84 bits per heavy atom. The molecular formula is C27H25N2OS+. The normalized spacial score (nSPS) is 10.7. The molecule has 0 unspecified atom stereocenters. The maximum atomic E-state index is 12.8. The standard InChI is InChI=1S/C27H24N2OS/c30-26(29-24-18-10-11-19-25(24)31-23-16-8-3-9-17-23)20-28-27(21-12-4-1-5-13-21)22-14-6-2-7-15-22/h1-19,27-28H,20H2,(H,29,30)/p+1. The summed E-state index contributed by atoms with van der Waals surface area (Å²) >= 11 is 1.65. The van der Waals surface area contributed by atoms with Crippen molar-refractivity contribution in [1.82, 2.24) is 0 Å². The summed E-state index contributed by atoms with van der Waals surface area (Å²) in [7, 11) is 0. The molecule has 0 heterocycles. The van der Waals surface area contributed by atoms with Crippen molar-refractivity contribution in [2.75, 3.05) is 11.9 Å². The Morgan fingerprint density at radius 2 is 1.23 bits per heavy atom. The number of nitrogens with two attached hydrogens (primary N) is 1. The second-order valence-corrected chi connectivity index (χ2v) is 8.31. The zero-order valence-electron chi connectivity index (χ0n) is 17.1. The van der Waals surface area contributed by atoms with Crippen LogP contribution in [0.5, 0.6) is 0 Å². The van der Waals surface area contributed by atoms with Crippen LogP contribution in [0.15, 0.2) is 125 Å². The molecule has 0 saturated carbocycles. The van der Waals surface area contributed by atoms with Crippen LogP contribution in [0.25, 0.3) is 0 Å². The van der Waals surface area contributed by atoms with Gasteiger partial charge in [-0.2, -0.15) is 0 Å². The summed E-state index contributed by atoms with van der Waals surface area (Å²) in [5, 5.41) is 5.19. The molecular weight excluding hydrogens is 400 g/mol. The third-order valence-electron chi connectivity index (χ3n) is 4.99. The van der Waals surface area contributed by atoms with Gasteiger partial charge in [-0.25, -0.2) is 0 Å². The zero-order chi connectivity index (χ0) is 21.3. The smallest absolute Gasteiger partial charge is 0.279 e. The predicted molar refractivity (Wildman–Crippen MR) is 127 cm³/mol. The Bertz CT molecular complexity index is 1060. The Morgan fingerprint density at radius 1 is 0.710 bits per heavy atom. The van der Waals surface area contributed by atoms with Gasteiger partial charge in [-0.1, -0.05) is 103 Å². The molecule has 4 heteroatoms. The first-order valence-electron chi connectivity index (χ1n) is 10.3. The van der Waals surface area contributed by atoms with Gasteiger partial charge in [0.05, 0.1) is 5.69 Å². The molecule has 3 N–H and O–H groups in total. The molecule has 0 atom stereocenters. The minimum atomic E-state index is -0.0158. The summed E-state index contributed by atoms with van der Waals surface area (Å²) in [5.74, 6) is -0.0158. The number of hydrogen-bond donors (Lipinski definition) is 2. The van der Waals surface area contributed by atoms with Gasteiger partial charge in [0.1, 0.15) is 6.04 Å². The van der Waals surface area contributed by atoms with Gasteiger partial charge >= 0.3 is 0 Å². The number of anilines is 1. The number of para-hydroxylation sites is 1. The number of nitrogens with one attached hydrogen (secondary N) is 1. The molecule has 4 aromatic carbocycles. The first-order chi connectivity index (χ1) is 15.3. The van der Waals surface area contributed by atoms with E-state index in [2.05, 4.69) is 47.0 Å². The Labute approximate surface area is 187 Å². The molecule has 0 aliphatic carbocycles. The Kier molecular flexibility index (Phi) is 7.16. The monoisotopic (exact) mass is 425 g/mol. The first-order valence-corrected chi connectivity index (χ1v) is 11.2. The van der Waals surface area contributed by atoms with Crippen LogP contribution in [-0.4, -0.2) is 12.5 Å². The maximum Gasteiger partial charge on any atom is 0.279 e. The van der Waals surface area contributed by atoms with E-state index in [4.69, 9.17) is 0 Å². The van der Waals surface area contributed by atoms with Gasteiger partial charge in [-0.3, -0.25) is 4.79 Å². The fraction of sp³-hybridized carbons (Fsp3) is 0.0741. The molecule has 0 spiro atoms. The molecule has 0 aliphatic rings. The Balaban J connectivity index is 1.45. The van der Waals surface area contributed by atoms with E-state index in [-0.39, 0.29) is 11.9 Å². The highest BCUT2D eigenvalue weighted by Gasteiger charge is 2.19. The topological polar surface area (TPSA) is 45.7 Å². The molecule has 0 bridgehead atoms. The minimum absolute atomic E-state index is 0.0158. The van der Waals surface area contributed by atoms with E-state index in [1.807, 2.05) is 78.9 Å². The van der Waals surface area contributed by atoms with Gasteiger partial charge in [-0.15, -0.1) is 0 Å². The molecule has 154 valence electrons. The van der Waals surface area contributed by atoms with E-state index in [9.17, 15) is 4.79 Å². The highest BCUT2D eigenvalue weighted by atomic mass is 32.2. The number of hydrogen-bond acceptors (Lipinski definition) is 2. The van der Waals surface area contributed by atoms with Gasteiger partial charge in [0, 0.05) is 20.9 Å². The summed E-state index contributed by atoms with van der Waals surface area (Å²) in [6.07, 6.45) is 0. The number of carbonyl (C=O) groups excluding carboxylic acids is 1. The Hall–Kier alpha value is -3.34. The van der Waals surface area contributed by atoms with Crippen molar-refractivity contribution in [1.29, 1.82) is 0 Å². The lowest BCUT2D eigenvalue weighted by atomic mass is 9.99. The zero-order valence-corrected chi connectivity index (χ0v) is 18.0. The molecule has 0 radical (unpaired) electrons. The van der Waals surface area contributed by atoms with E-state index in [1.54, 1.807) is 11.8 Å². The fourth-order valence-electron chi connectivity index (χ4n) is 3.49. The lowest BCUT2D eigenvalue weighted by molar-refractivity contribution is -0.676. The summed E-state index contributed by atoms with van der Waals surface area (Å²) in [5.41, 5.74) is 3.20. The third kappa shape index (κ3) is 5.85. The van der Waals surface area contributed by atoms with Crippen molar-refractivity contribution in [2.45, 2.75) is 15.8 Å². The summed E-state index contributed by atoms with van der Waals surface area (Å²) < 4.78 is 0. The molecule has 0 aromatic heterocycles. The van der Waals surface area contributed by atoms with E-state index >= 15 is 0 Å². The number of amides is 1. The molecule has 4 rings (SSSR count). The van der Waals surface area contributed by atoms with E-state index < -0.39 is 0 Å². The number of quaternary nitrogens is 1. The summed E-state index contributed by atoms with van der Waals surface area (Å²) in [6.45, 7) is 0.332. The van der Waals surface area contributed by atoms with Crippen LogP contribution in [0.2, 0.25) is 0 Å². The van der Waals surface area contributed by atoms with Gasteiger partial charge < -0.3 is 10.6 Å². The van der Waals surface area contributed by atoms with Crippen molar-refractivity contribution < 1.29 is 10.1 Å². The molecule has 0 saturated heterocycles. The van der Waals surface area contributed by atoms with Crippen molar-refractivity contribution in [3.05, 3.63) is 126 Å². The van der Waals surface area contributed by atoms with E-state index in [1.165, 1.54) is 11.1 Å². The van der Waals surface area contributed by atoms with Crippen LogP contribution < -0.4 is 10.6 Å². The highest BCUT2D eigenvalue weighted by molar-refractivity contribution is 7.99. The van der Waals surface area contributed by atoms with Crippen LogP contribution in [0, 0.1) is 0 Å². The van der Waals surface area contributed by atoms with Gasteiger partial charge in [0.2, 0.25) is 0 Å². The van der Waals surface area contributed by atoms with E-state index in [0.29, 0.717) is 6.54 Å². The maximum absolute atomic E-state index is 12.8. The average Bonchev–Trinajstić information content (AvgIpc) is 2.83. The van der Waals surface area contributed by atoms with Gasteiger partial charge in [-0.05, 0) is 24.3 Å². The van der Waals surface area contributed by atoms with Crippen molar-refractivity contribution >= 4 is 23.4 Å². The minimum Gasteiger partial charge on any atom is -0.328 e. The molecule has 0 fully saturated rings. The lowest BCUT2D eigenvalue weighted by Gasteiger charge is -2.17. The summed E-state index contributed by atoms with van der Waals surface area (Å²) in [4.78, 5) is 15.0. The highest BCUT2D eigenvalue weighted by Crippen LogP contribution is 2.33. The van der Waals surface area contributed by atoms with Crippen LogP contribution >= 0.6 is 11.8 Å². The van der Waals surface area contributed by atoms with Crippen LogP contribution in [0.4, 0.5) is 5.69 Å². The summed E-state index contributed by atoms with van der Waals surface area (Å²) in [6, 6.07) is 38.8. The van der Waals surface area contributed by atoms with Gasteiger partial charge in [0.15, 0.2) is 6.54 Å². The van der Waals surface area contributed by atoms with Crippen LogP contribution in [-0.2, 0) is 4.79 Å². The average molecular weight is 426 g/mol. The van der Waals surface area contributed by atoms with Crippen LogP contribution in [0.1, 0.15) is 17.2 Å². The second-order valence-electron chi connectivity index (χ2n) is 7.20. The number of benzene rings is 4. The third-order valence-corrected chi connectivity index (χ3v) is 6.07. The molecule has 4 aromatic rings. The molecule has 31 heavy (non-hydrogen) atoms. The number of carbonyl (C=O) groups is 1. The largest absolute Gasteiger partial charge is 0.328 e. The van der Waals surface area contributed by atoms with Crippen LogP contribution in [0.3, 0.4) is 0 Å².